The van der Waals surface area contributed by atoms with E-state index in [-0.39, 0.29) is 5.41 Å². The van der Waals surface area contributed by atoms with Crippen LogP contribution >= 0.6 is 15.9 Å². The summed E-state index contributed by atoms with van der Waals surface area (Å²) in [7, 11) is 0. The Labute approximate surface area is 123 Å². The van der Waals surface area contributed by atoms with Gasteiger partial charge in [-0.3, -0.25) is 4.79 Å². The largest absolute Gasteiger partial charge is 0.294 e. The summed E-state index contributed by atoms with van der Waals surface area (Å²) in [5.41, 5.74) is 2.11. The molecular weight excluding hydrogens is 300 g/mol. The molecule has 4 atom stereocenters. The van der Waals surface area contributed by atoms with Crippen molar-refractivity contribution in [2.75, 3.05) is 0 Å². The topological polar surface area (TPSA) is 17.1 Å². The van der Waals surface area contributed by atoms with Gasteiger partial charge in [0.05, 0.1) is 0 Å². The average molecular weight is 321 g/mol. The number of carbonyl (C=O) groups excluding carboxylic acids is 1. The van der Waals surface area contributed by atoms with Crippen molar-refractivity contribution in [2.24, 2.45) is 23.2 Å². The highest BCUT2D eigenvalue weighted by molar-refractivity contribution is 9.10. The number of benzene rings is 1. The molecule has 2 aliphatic carbocycles. The summed E-state index contributed by atoms with van der Waals surface area (Å²) >= 11 is 3.49. The second-order valence-corrected chi connectivity index (χ2v) is 7.73. The van der Waals surface area contributed by atoms with Gasteiger partial charge in [-0.05, 0) is 54.7 Å². The van der Waals surface area contributed by atoms with E-state index in [0.29, 0.717) is 17.6 Å². The Kier molecular flexibility index (Phi) is 3.12. The first-order valence-corrected chi connectivity index (χ1v) is 8.05. The van der Waals surface area contributed by atoms with E-state index in [0.717, 1.165) is 35.2 Å². The lowest BCUT2D eigenvalue weighted by Crippen LogP contribution is -2.40. The van der Waals surface area contributed by atoms with Crippen LogP contribution in [0.4, 0.5) is 0 Å². The average Bonchev–Trinajstić information content (AvgIpc) is 2.60. The van der Waals surface area contributed by atoms with Crippen molar-refractivity contribution < 1.29 is 4.79 Å². The first kappa shape index (κ1) is 13.4. The molecule has 1 fully saturated rings. The maximum absolute atomic E-state index is 12.9. The molecule has 0 aromatic heterocycles. The third-order valence-corrected chi connectivity index (χ3v) is 6.04. The zero-order valence-corrected chi connectivity index (χ0v) is 13.5. The monoisotopic (exact) mass is 320 g/mol. The predicted molar refractivity (Wildman–Crippen MR) is 81.3 cm³/mol. The number of hydrogen-bond acceptors (Lipinski definition) is 1. The quantitative estimate of drug-likeness (QED) is 0.666. The van der Waals surface area contributed by atoms with Crippen LogP contribution in [0.1, 0.15) is 49.5 Å². The number of hydrogen-bond donors (Lipinski definition) is 0. The van der Waals surface area contributed by atoms with Crippen LogP contribution in [-0.4, -0.2) is 5.78 Å². The van der Waals surface area contributed by atoms with E-state index in [4.69, 9.17) is 0 Å². The van der Waals surface area contributed by atoms with Crippen molar-refractivity contribution in [2.45, 2.75) is 40.0 Å². The van der Waals surface area contributed by atoms with Gasteiger partial charge in [-0.1, -0.05) is 42.8 Å². The fourth-order valence-electron chi connectivity index (χ4n) is 4.22. The Morgan fingerprint density at radius 3 is 2.42 bits per heavy atom. The van der Waals surface area contributed by atoms with Gasteiger partial charge < -0.3 is 0 Å². The Hall–Kier alpha value is -0.630. The van der Waals surface area contributed by atoms with Crippen LogP contribution in [0.25, 0.3) is 0 Å². The number of Topliss-reactive ketones (excluding diaryl/α,β-unsaturated/α-hetero) is 1. The number of rotatable bonds is 0. The van der Waals surface area contributed by atoms with Crippen LogP contribution in [0.3, 0.4) is 0 Å². The van der Waals surface area contributed by atoms with E-state index in [1.807, 2.05) is 6.07 Å². The SMILES string of the molecule is CC1[C@H](C)CC2(Cc3ccc(Br)cc3C2=O)C[C@@H]1C. The van der Waals surface area contributed by atoms with Crippen molar-refractivity contribution >= 4 is 21.7 Å². The summed E-state index contributed by atoms with van der Waals surface area (Å²) in [6, 6.07) is 6.20. The minimum Gasteiger partial charge on any atom is -0.294 e. The Balaban J connectivity index is 1.99. The molecule has 0 amide bonds. The second kappa shape index (κ2) is 4.44. The zero-order valence-electron chi connectivity index (χ0n) is 11.9. The lowest BCUT2D eigenvalue weighted by atomic mass is 9.60. The molecule has 1 spiro atoms. The smallest absolute Gasteiger partial charge is 0.169 e. The van der Waals surface area contributed by atoms with Crippen LogP contribution in [0.15, 0.2) is 22.7 Å². The van der Waals surface area contributed by atoms with Gasteiger partial charge in [-0.2, -0.15) is 0 Å². The fourth-order valence-corrected chi connectivity index (χ4v) is 4.58. The summed E-state index contributed by atoms with van der Waals surface area (Å²) in [6.07, 6.45) is 3.07. The lowest BCUT2D eigenvalue weighted by Gasteiger charge is -2.43. The van der Waals surface area contributed by atoms with Gasteiger partial charge >= 0.3 is 0 Å². The van der Waals surface area contributed by atoms with Crippen LogP contribution in [0.2, 0.25) is 0 Å². The molecule has 3 rings (SSSR count). The Bertz CT molecular complexity index is 522. The maximum Gasteiger partial charge on any atom is 0.169 e. The van der Waals surface area contributed by atoms with E-state index in [1.165, 1.54) is 5.56 Å². The maximum atomic E-state index is 12.9. The molecule has 0 saturated heterocycles. The van der Waals surface area contributed by atoms with Crippen LogP contribution in [0.5, 0.6) is 0 Å². The van der Waals surface area contributed by atoms with E-state index in [2.05, 4.69) is 48.8 Å². The van der Waals surface area contributed by atoms with Crippen molar-refractivity contribution in [1.82, 2.24) is 0 Å². The highest BCUT2D eigenvalue weighted by atomic mass is 79.9. The number of carbonyl (C=O) groups is 1. The molecule has 1 saturated carbocycles. The third-order valence-electron chi connectivity index (χ3n) is 5.55. The molecule has 0 heterocycles. The Morgan fingerprint density at radius 1 is 1.16 bits per heavy atom. The van der Waals surface area contributed by atoms with Gasteiger partial charge in [-0.25, -0.2) is 0 Å². The van der Waals surface area contributed by atoms with Crippen molar-refractivity contribution in [3.05, 3.63) is 33.8 Å². The molecule has 0 radical (unpaired) electrons. The number of ketones is 1. The summed E-state index contributed by atoms with van der Waals surface area (Å²) in [5.74, 6) is 2.42. The first-order valence-electron chi connectivity index (χ1n) is 7.26. The number of fused-ring (bicyclic) bond motifs is 1. The minimum absolute atomic E-state index is 0.103. The standard InChI is InChI=1S/C17H21BrO/c1-10-7-17(8-11(2)12(10)3)9-13-4-5-14(18)6-15(13)16(17)19/h4-6,10-12H,7-9H2,1-3H3/t10-,11+,12?,17?. The van der Waals surface area contributed by atoms with Gasteiger partial charge in [-0.15, -0.1) is 0 Å². The molecule has 2 heteroatoms. The normalized spacial score (nSPS) is 37.7. The molecule has 102 valence electrons. The van der Waals surface area contributed by atoms with Crippen LogP contribution in [0, 0.1) is 23.2 Å². The fraction of sp³-hybridized carbons (Fsp3) is 0.588. The van der Waals surface area contributed by atoms with Crippen LogP contribution < -0.4 is 0 Å². The van der Waals surface area contributed by atoms with Crippen LogP contribution in [-0.2, 0) is 6.42 Å². The Morgan fingerprint density at radius 2 is 1.79 bits per heavy atom. The molecule has 1 aromatic carbocycles. The van der Waals surface area contributed by atoms with Crippen molar-refractivity contribution in [3.63, 3.8) is 0 Å². The van der Waals surface area contributed by atoms with Gasteiger partial charge in [0.2, 0.25) is 0 Å². The van der Waals surface area contributed by atoms with Gasteiger partial charge in [0.15, 0.2) is 5.78 Å². The summed E-state index contributed by atoms with van der Waals surface area (Å²) < 4.78 is 1.02. The summed E-state index contributed by atoms with van der Waals surface area (Å²) in [6.45, 7) is 6.97. The highest BCUT2D eigenvalue weighted by Gasteiger charge is 2.50. The molecule has 2 unspecified atom stereocenters. The molecular formula is C17H21BrO. The molecule has 0 aliphatic heterocycles. The predicted octanol–water partition coefficient (Wildman–Crippen LogP) is 4.88. The lowest BCUT2D eigenvalue weighted by molar-refractivity contribution is 0.0458. The van der Waals surface area contributed by atoms with E-state index >= 15 is 0 Å². The summed E-state index contributed by atoms with van der Waals surface area (Å²) in [5, 5.41) is 0. The molecule has 19 heavy (non-hydrogen) atoms. The second-order valence-electron chi connectivity index (χ2n) is 6.81. The summed E-state index contributed by atoms with van der Waals surface area (Å²) in [4.78, 5) is 12.9. The minimum atomic E-state index is -0.103. The van der Waals surface area contributed by atoms with E-state index < -0.39 is 0 Å². The zero-order chi connectivity index (χ0) is 13.8. The van der Waals surface area contributed by atoms with E-state index in [1.54, 1.807) is 0 Å². The van der Waals surface area contributed by atoms with Crippen molar-refractivity contribution in [3.8, 4) is 0 Å². The van der Waals surface area contributed by atoms with Gasteiger partial charge in [0, 0.05) is 15.5 Å². The highest BCUT2D eigenvalue weighted by Crippen LogP contribution is 2.52. The molecule has 1 nitrogen and oxygen atoms in total. The molecule has 0 N–H and O–H groups in total. The van der Waals surface area contributed by atoms with Crippen molar-refractivity contribution in [1.29, 1.82) is 0 Å². The molecule has 0 bridgehead atoms. The van der Waals surface area contributed by atoms with E-state index in [9.17, 15) is 4.79 Å². The van der Waals surface area contributed by atoms with Gasteiger partial charge in [0.1, 0.15) is 0 Å². The molecule has 2 aliphatic rings. The third kappa shape index (κ3) is 1.99. The molecule has 1 aromatic rings. The number of halogens is 1. The van der Waals surface area contributed by atoms with Gasteiger partial charge in [0.25, 0.3) is 0 Å². The first-order chi connectivity index (χ1) is 8.93.